The van der Waals surface area contributed by atoms with Gasteiger partial charge < -0.3 is 19.5 Å². The Morgan fingerprint density at radius 2 is 1.83 bits per heavy atom. The predicted molar refractivity (Wildman–Crippen MR) is 130 cm³/mol. The van der Waals surface area contributed by atoms with E-state index in [4.69, 9.17) is 9.26 Å². The van der Waals surface area contributed by atoms with E-state index in [1.807, 2.05) is 30.3 Å². The molecule has 1 N–H and O–H groups in total. The van der Waals surface area contributed by atoms with Crippen LogP contribution in [0.1, 0.15) is 31.6 Å². The number of carbonyl (C=O) groups excluding carboxylic acids is 3. The predicted octanol–water partition coefficient (Wildman–Crippen LogP) is 3.71. The lowest BCUT2D eigenvalue weighted by atomic mass is 9.81. The van der Waals surface area contributed by atoms with E-state index in [0.29, 0.717) is 30.1 Å². The molecule has 4 amide bonds. The van der Waals surface area contributed by atoms with E-state index >= 15 is 0 Å². The van der Waals surface area contributed by atoms with Crippen LogP contribution in [-0.2, 0) is 16.1 Å². The van der Waals surface area contributed by atoms with Crippen LogP contribution in [0, 0.1) is 5.92 Å². The Morgan fingerprint density at radius 3 is 2.64 bits per heavy atom. The van der Waals surface area contributed by atoms with Crippen molar-refractivity contribution >= 4 is 23.5 Å². The molecule has 3 aromatic rings. The van der Waals surface area contributed by atoms with E-state index in [1.165, 1.54) is 12.0 Å². The monoisotopic (exact) mass is 489 g/mol. The first-order valence-corrected chi connectivity index (χ1v) is 12.0. The van der Waals surface area contributed by atoms with E-state index in [-0.39, 0.29) is 42.8 Å². The van der Waals surface area contributed by atoms with E-state index in [0.717, 1.165) is 23.3 Å². The normalized spacial score (nSPS) is 19.7. The minimum atomic E-state index is -0.530. The van der Waals surface area contributed by atoms with Crippen molar-refractivity contribution in [2.75, 3.05) is 19.0 Å². The molecular formula is C26H27N5O5. The van der Waals surface area contributed by atoms with Crippen molar-refractivity contribution in [3.8, 4) is 17.1 Å². The fourth-order valence-corrected chi connectivity index (χ4v) is 4.95. The summed E-state index contributed by atoms with van der Waals surface area (Å²) in [6, 6.07) is 15.5. The Bertz CT molecular complexity index is 1260. The zero-order valence-electron chi connectivity index (χ0n) is 19.9. The van der Waals surface area contributed by atoms with Crippen molar-refractivity contribution in [1.82, 2.24) is 19.9 Å². The third-order valence-corrected chi connectivity index (χ3v) is 6.68. The highest BCUT2D eigenvalue weighted by atomic mass is 16.5. The maximum Gasteiger partial charge on any atom is 0.327 e. The van der Waals surface area contributed by atoms with Crippen molar-refractivity contribution in [2.45, 2.75) is 38.3 Å². The number of carbonyl (C=O) groups is 3. The number of fused-ring (bicyclic) bond motifs is 1. The van der Waals surface area contributed by atoms with Crippen LogP contribution >= 0.6 is 0 Å². The van der Waals surface area contributed by atoms with Gasteiger partial charge in [-0.25, -0.2) is 4.79 Å². The first kappa shape index (κ1) is 23.5. The fourth-order valence-electron chi connectivity index (χ4n) is 4.95. The highest BCUT2D eigenvalue weighted by molar-refractivity contribution is 6.01. The molecule has 1 aromatic heterocycles. The number of amides is 4. The van der Waals surface area contributed by atoms with E-state index in [2.05, 4.69) is 15.5 Å². The first-order chi connectivity index (χ1) is 17.5. The molecule has 5 rings (SSSR count). The van der Waals surface area contributed by atoms with Gasteiger partial charge in [0.05, 0.1) is 18.7 Å². The van der Waals surface area contributed by atoms with E-state index in [1.54, 1.807) is 24.3 Å². The summed E-state index contributed by atoms with van der Waals surface area (Å²) >= 11 is 0. The summed E-state index contributed by atoms with van der Waals surface area (Å²) in [6.45, 7) is -0.327. The smallest absolute Gasteiger partial charge is 0.327 e. The standard InChI is InChI=1S/C26H27N5O5/c1-35-21-14-8-6-12-19(21)27-22(32)15-30-20-13-7-5-11-18(20)25(33)31(26(30)34)16-23-28-24(29-36-23)17-9-3-2-4-10-17/h2-4,6,8-10,12,14,18,20H,5,7,11,13,15-16H2,1H3,(H,27,32). The van der Waals surface area contributed by atoms with Crippen molar-refractivity contribution in [1.29, 1.82) is 0 Å². The third kappa shape index (κ3) is 4.66. The van der Waals surface area contributed by atoms with Gasteiger partial charge in [-0.15, -0.1) is 0 Å². The summed E-state index contributed by atoms with van der Waals surface area (Å²) in [7, 11) is 1.52. The van der Waals surface area contributed by atoms with Crippen LogP contribution < -0.4 is 10.1 Å². The first-order valence-electron chi connectivity index (χ1n) is 12.0. The van der Waals surface area contributed by atoms with Gasteiger partial charge in [-0.3, -0.25) is 14.5 Å². The molecule has 2 fully saturated rings. The maximum atomic E-state index is 13.5. The number of rotatable bonds is 7. The van der Waals surface area contributed by atoms with Gasteiger partial charge in [0.1, 0.15) is 18.8 Å². The van der Waals surface area contributed by atoms with Crippen LogP contribution in [0.5, 0.6) is 5.75 Å². The van der Waals surface area contributed by atoms with Crippen molar-refractivity contribution in [3.63, 3.8) is 0 Å². The number of nitrogens with one attached hydrogen (secondary N) is 1. The van der Waals surface area contributed by atoms with Gasteiger partial charge in [-0.05, 0) is 25.0 Å². The molecule has 2 heterocycles. The van der Waals surface area contributed by atoms with Crippen LogP contribution in [0.25, 0.3) is 11.4 Å². The van der Waals surface area contributed by atoms with Crippen molar-refractivity contribution in [3.05, 3.63) is 60.5 Å². The average Bonchev–Trinajstić information content (AvgIpc) is 3.38. The van der Waals surface area contributed by atoms with Gasteiger partial charge in [0, 0.05) is 11.6 Å². The molecule has 2 aliphatic rings. The third-order valence-electron chi connectivity index (χ3n) is 6.68. The number of benzene rings is 2. The number of anilines is 1. The van der Waals surface area contributed by atoms with E-state index < -0.39 is 6.03 Å². The second-order valence-electron chi connectivity index (χ2n) is 8.92. The largest absolute Gasteiger partial charge is 0.495 e. The molecule has 1 saturated carbocycles. The Morgan fingerprint density at radius 1 is 1.08 bits per heavy atom. The Labute approximate surface area is 208 Å². The highest BCUT2D eigenvalue weighted by Crippen LogP contribution is 2.35. The number of aromatic nitrogens is 2. The summed E-state index contributed by atoms with van der Waals surface area (Å²) in [5.41, 5.74) is 1.28. The van der Waals surface area contributed by atoms with Crippen LogP contribution in [-0.4, -0.2) is 57.5 Å². The lowest BCUT2D eigenvalue weighted by Crippen LogP contribution is -2.63. The lowest BCUT2D eigenvalue weighted by Gasteiger charge is -2.46. The summed E-state index contributed by atoms with van der Waals surface area (Å²) in [5.74, 6) is 0.0660. The van der Waals surface area contributed by atoms with Gasteiger partial charge in [0.25, 0.3) is 0 Å². The fraction of sp³-hybridized carbons (Fsp3) is 0.346. The molecule has 10 heteroatoms. The van der Waals surface area contributed by atoms with Gasteiger partial charge in [0.2, 0.25) is 23.5 Å². The number of hydrogen-bond acceptors (Lipinski definition) is 7. The van der Waals surface area contributed by atoms with Crippen molar-refractivity contribution in [2.24, 2.45) is 5.92 Å². The second-order valence-corrected chi connectivity index (χ2v) is 8.92. The highest BCUT2D eigenvalue weighted by Gasteiger charge is 2.47. The van der Waals surface area contributed by atoms with Crippen LogP contribution in [0.15, 0.2) is 59.1 Å². The molecule has 2 atom stereocenters. The van der Waals surface area contributed by atoms with Gasteiger partial charge in [-0.2, -0.15) is 4.98 Å². The molecule has 0 spiro atoms. The van der Waals surface area contributed by atoms with E-state index in [9.17, 15) is 14.4 Å². The minimum absolute atomic E-state index is 0.147. The topological polar surface area (TPSA) is 118 Å². The minimum Gasteiger partial charge on any atom is -0.495 e. The molecule has 0 bridgehead atoms. The van der Waals surface area contributed by atoms with Gasteiger partial charge in [-0.1, -0.05) is 60.5 Å². The quantitative estimate of drug-likeness (QED) is 0.538. The molecular weight excluding hydrogens is 462 g/mol. The number of urea groups is 1. The molecule has 0 radical (unpaired) electrons. The summed E-state index contributed by atoms with van der Waals surface area (Å²) in [6.07, 6.45) is 3.14. The Balaban J connectivity index is 1.35. The zero-order valence-corrected chi connectivity index (χ0v) is 19.9. The number of hydrogen-bond donors (Lipinski definition) is 1. The number of methoxy groups -OCH3 is 1. The average molecular weight is 490 g/mol. The summed E-state index contributed by atoms with van der Waals surface area (Å²) in [4.78, 5) is 46.8. The molecule has 1 aliphatic heterocycles. The van der Waals surface area contributed by atoms with Crippen molar-refractivity contribution < 1.29 is 23.6 Å². The zero-order chi connectivity index (χ0) is 25.1. The molecule has 1 aliphatic carbocycles. The number of para-hydroxylation sites is 2. The number of nitrogens with zero attached hydrogens (tertiary/aromatic N) is 4. The summed E-state index contributed by atoms with van der Waals surface area (Å²) in [5, 5.41) is 6.81. The molecule has 2 aromatic carbocycles. The molecule has 186 valence electrons. The van der Waals surface area contributed by atoms with Gasteiger partial charge in [0.15, 0.2) is 0 Å². The van der Waals surface area contributed by atoms with Crippen LogP contribution in [0.3, 0.4) is 0 Å². The molecule has 10 nitrogen and oxygen atoms in total. The molecule has 1 saturated heterocycles. The SMILES string of the molecule is COc1ccccc1NC(=O)CN1C(=O)N(Cc2nc(-c3ccccc3)no2)C(=O)C2CCCCC21. The molecule has 2 unspecified atom stereocenters. The second kappa shape index (κ2) is 10.2. The van der Waals surface area contributed by atoms with Crippen LogP contribution in [0.4, 0.5) is 10.5 Å². The molecule has 36 heavy (non-hydrogen) atoms. The summed E-state index contributed by atoms with van der Waals surface area (Å²) < 4.78 is 10.7. The Kier molecular flexibility index (Phi) is 6.66. The maximum absolute atomic E-state index is 13.5. The van der Waals surface area contributed by atoms with Crippen LogP contribution in [0.2, 0.25) is 0 Å². The Hall–Kier alpha value is -4.21. The number of ether oxygens (including phenoxy) is 1. The number of imide groups is 1. The lowest BCUT2D eigenvalue weighted by molar-refractivity contribution is -0.142. The van der Waals surface area contributed by atoms with Gasteiger partial charge >= 0.3 is 6.03 Å².